The number of sulfonamides is 1. The Morgan fingerprint density at radius 1 is 0.949 bits per heavy atom. The van der Waals surface area contributed by atoms with Crippen LogP contribution >= 0.6 is 0 Å². The predicted molar refractivity (Wildman–Crippen MR) is 297 cm³/mol. The molecule has 0 bridgehead atoms. The Balaban J connectivity index is 0.839. The monoisotopic (exact) mass is 1100 g/mol. The number of amides is 1. The van der Waals surface area contributed by atoms with Gasteiger partial charge in [0.1, 0.15) is 27.6 Å². The van der Waals surface area contributed by atoms with Gasteiger partial charge in [0.15, 0.2) is 17.4 Å². The second kappa shape index (κ2) is 22.3. The molecule has 4 aromatic carbocycles. The number of aromatic amines is 2. The van der Waals surface area contributed by atoms with Crippen molar-refractivity contribution in [3.05, 3.63) is 130 Å². The van der Waals surface area contributed by atoms with E-state index in [0.29, 0.717) is 62.1 Å². The number of aromatic nitrogens is 4. The van der Waals surface area contributed by atoms with Crippen molar-refractivity contribution in [1.29, 1.82) is 0 Å². The Hall–Kier alpha value is -6.91. The molecular formula is C58H66F3N10O7S-. The zero-order chi connectivity index (χ0) is 55.2. The number of carbonyl (C=O) groups excluding carboxylic acids is 1. The van der Waals surface area contributed by atoms with E-state index in [9.17, 15) is 27.2 Å². The predicted octanol–water partition coefficient (Wildman–Crippen LogP) is 10.4. The van der Waals surface area contributed by atoms with Crippen molar-refractivity contribution >= 4 is 55.1 Å². The Bertz CT molecular complexity index is 3480. The number of anilines is 3. The molecular weight excluding hydrogens is 1040 g/mol. The number of halogens is 3. The van der Waals surface area contributed by atoms with Crippen LogP contribution < -0.4 is 29.5 Å². The molecule has 4 fully saturated rings. The number of hydrogen-bond acceptors (Lipinski definition) is 14. The number of hydrogen-bond donors (Lipinski definition) is 4. The van der Waals surface area contributed by atoms with Crippen LogP contribution in [0.15, 0.2) is 90.2 Å². The lowest BCUT2D eigenvalue weighted by atomic mass is 9.59. The number of nitrogens with zero attached hydrogens (tertiary/aromatic N) is 6. The molecule has 1 amide bonds. The van der Waals surface area contributed by atoms with Crippen LogP contribution in [0.3, 0.4) is 0 Å². The second-order valence-electron chi connectivity index (χ2n) is 21.9. The molecule has 1 spiro atoms. The highest BCUT2D eigenvalue weighted by Crippen LogP contribution is 2.54. The van der Waals surface area contributed by atoms with E-state index in [1.807, 2.05) is 0 Å². The van der Waals surface area contributed by atoms with Crippen LogP contribution in [0.2, 0.25) is 0 Å². The summed E-state index contributed by atoms with van der Waals surface area (Å²) in [6.07, 6.45) is 8.06. The maximum Gasteiger partial charge on any atom is 0.268 e. The summed E-state index contributed by atoms with van der Waals surface area (Å²) in [5.74, 6) is -2.69. The molecule has 3 saturated heterocycles. The maximum absolute atomic E-state index is 15.1. The molecule has 3 aliphatic heterocycles. The van der Waals surface area contributed by atoms with Gasteiger partial charge in [-0.2, -0.15) is 4.98 Å². The van der Waals surface area contributed by atoms with E-state index in [0.717, 1.165) is 69.4 Å². The van der Waals surface area contributed by atoms with E-state index in [1.54, 1.807) is 25.1 Å². The number of nitrogens with one attached hydrogen (secondary N) is 4. The van der Waals surface area contributed by atoms with Crippen LogP contribution in [0.4, 0.5) is 30.2 Å². The van der Waals surface area contributed by atoms with Crippen LogP contribution in [-0.2, 0) is 21.3 Å². The third kappa shape index (κ3) is 11.1. The Morgan fingerprint density at radius 3 is 2.48 bits per heavy atom. The van der Waals surface area contributed by atoms with Crippen LogP contribution in [0, 0.1) is 34.0 Å². The van der Waals surface area contributed by atoms with E-state index in [1.165, 1.54) is 61.0 Å². The molecule has 1 atom stereocenters. The van der Waals surface area contributed by atoms with Gasteiger partial charge >= 0.3 is 0 Å². The average molecular weight is 1100 g/mol. The van der Waals surface area contributed by atoms with Crippen molar-refractivity contribution in [3.8, 4) is 17.4 Å². The largest absolute Gasteiger partial charge is 0.758 e. The normalized spacial score (nSPS) is 18.6. The Labute approximate surface area is 457 Å². The van der Waals surface area contributed by atoms with Crippen LogP contribution in [0.25, 0.3) is 22.1 Å². The lowest BCUT2D eigenvalue weighted by Crippen LogP contribution is -2.60. The molecule has 7 aromatic rings. The fourth-order valence-corrected chi connectivity index (χ4v) is 13.4. The first-order valence-electron chi connectivity index (χ1n) is 27.2. The van der Waals surface area contributed by atoms with Crippen molar-refractivity contribution in [2.45, 2.75) is 88.7 Å². The van der Waals surface area contributed by atoms with Crippen molar-refractivity contribution in [1.82, 2.24) is 34.5 Å². The molecule has 17 nitrogen and oxygen atoms in total. The second-order valence-corrected chi connectivity index (χ2v) is 23.5. The average Bonchev–Trinajstić information content (AvgIpc) is 4.08. The lowest BCUT2D eigenvalue weighted by molar-refractivity contribution is -0.0628. The third-order valence-corrected chi connectivity index (χ3v) is 17.9. The number of H-pyrrole nitrogens is 2. The van der Waals surface area contributed by atoms with Gasteiger partial charge in [0.2, 0.25) is 0 Å². The summed E-state index contributed by atoms with van der Waals surface area (Å²) in [6.45, 7) is 12.5. The van der Waals surface area contributed by atoms with Crippen LogP contribution in [0.5, 0.6) is 17.4 Å². The summed E-state index contributed by atoms with van der Waals surface area (Å²) >= 11 is 0. The molecule has 21 heteroatoms. The van der Waals surface area contributed by atoms with E-state index in [4.69, 9.17) is 14.2 Å². The van der Waals surface area contributed by atoms with E-state index in [2.05, 4.69) is 82.8 Å². The number of ether oxygens (including phenoxy) is 3. The molecule has 1 aliphatic carbocycles. The van der Waals surface area contributed by atoms with Crippen molar-refractivity contribution < 1.29 is 40.6 Å². The SMILES string of the molecule is CCOc1nc2[nH]cc(F)c2cc1Oc1cc(N2CCC3(CC2)CC(N2CCN(Cc4ccc(F)c(F)c4)C[C@H]2c2ccccc2C(C)C)C3)ccc1C(=O)NS(=O)(=O)c1cc(N(C)[O-])c(NCC2CCOCC2)c2[nH]cnc12. The summed E-state index contributed by atoms with van der Waals surface area (Å²) in [6, 6.07) is 20.9. The molecule has 79 heavy (non-hydrogen) atoms. The first-order valence-corrected chi connectivity index (χ1v) is 28.7. The quantitative estimate of drug-likeness (QED) is 0.0629. The highest BCUT2D eigenvalue weighted by molar-refractivity contribution is 7.90. The molecule has 3 aromatic heterocycles. The number of piperazine rings is 1. The molecule has 418 valence electrons. The number of benzene rings is 4. The third-order valence-electron chi connectivity index (χ3n) is 16.5. The lowest BCUT2D eigenvalue weighted by Gasteiger charge is -2.58. The Morgan fingerprint density at radius 2 is 1.73 bits per heavy atom. The first kappa shape index (κ1) is 54.1. The van der Waals surface area contributed by atoms with Gasteiger partial charge in [-0.15, -0.1) is 0 Å². The molecule has 11 rings (SSSR count). The number of carbonyl (C=O) groups is 1. The zero-order valence-electron chi connectivity index (χ0n) is 44.8. The maximum atomic E-state index is 15.1. The van der Waals surface area contributed by atoms with Gasteiger partial charge in [-0.3, -0.25) is 14.6 Å². The standard InChI is InChI=1S/C58H66F3N10O7S/c1-5-77-57-50(26-43-46(61)31-63-55(43)66-57)78-49-25-38(11-12-42(49)56(72)67-79(74,75)51-27-47(68(4)73)52(54-53(51)64-34-65-54)62-30-36-14-22-76-23-15-36)70-18-16-58(17-19-70)28-39(29-58)71-21-20-69(32-37-10-13-44(59)45(60)24-37)33-48(71)41-9-7-6-8-40(41)35(2)3/h6-13,24-27,31,34-36,39,48,62H,5,14-23,28-30,32-33H2,1-4H3,(H,63,66)(H,64,65)(H,67,72)/q-1/t48-/m0/s1. The number of piperidine rings is 1. The fourth-order valence-electron chi connectivity index (χ4n) is 12.3. The number of hydroxylamine groups is 1. The van der Waals surface area contributed by atoms with Gasteiger partial charge in [0.25, 0.3) is 21.8 Å². The topological polar surface area (TPSA) is 196 Å². The van der Waals surface area contributed by atoms with Gasteiger partial charge in [-0.25, -0.2) is 31.3 Å². The zero-order valence-corrected chi connectivity index (χ0v) is 45.6. The van der Waals surface area contributed by atoms with Crippen molar-refractivity contribution in [2.75, 3.05) is 81.4 Å². The smallest absolute Gasteiger partial charge is 0.268 e. The summed E-state index contributed by atoms with van der Waals surface area (Å²) in [5, 5.41) is 17.1. The summed E-state index contributed by atoms with van der Waals surface area (Å²) in [7, 11) is -3.45. The summed E-state index contributed by atoms with van der Waals surface area (Å²) < 4.78 is 92.2. The number of pyridine rings is 1. The summed E-state index contributed by atoms with van der Waals surface area (Å²) in [4.78, 5) is 36.0. The first-order chi connectivity index (χ1) is 38.1. The molecule has 1 saturated carbocycles. The molecule has 4 N–H and O–H groups in total. The van der Waals surface area contributed by atoms with Gasteiger partial charge in [0, 0.05) is 95.1 Å². The highest BCUT2D eigenvalue weighted by Gasteiger charge is 2.50. The highest BCUT2D eigenvalue weighted by atomic mass is 32.2. The van der Waals surface area contributed by atoms with E-state index >= 15 is 4.39 Å². The van der Waals surface area contributed by atoms with Gasteiger partial charge in [-0.05, 0) is 117 Å². The molecule has 0 radical (unpaired) electrons. The van der Waals surface area contributed by atoms with Crippen molar-refractivity contribution in [3.63, 3.8) is 0 Å². The Kier molecular flexibility index (Phi) is 15.3. The number of fused-ring (bicyclic) bond motifs is 2. The minimum Gasteiger partial charge on any atom is -0.758 e. The van der Waals surface area contributed by atoms with E-state index < -0.39 is 33.4 Å². The fraction of sp³-hybridized carbons (Fsp3) is 0.431. The van der Waals surface area contributed by atoms with Crippen LogP contribution in [-0.4, -0.2) is 116 Å². The summed E-state index contributed by atoms with van der Waals surface area (Å²) in [5.41, 5.74) is 5.01. The number of imidazole rings is 1. The van der Waals surface area contributed by atoms with Crippen LogP contribution in [0.1, 0.15) is 98.3 Å². The van der Waals surface area contributed by atoms with E-state index in [-0.39, 0.29) is 79.6 Å². The molecule has 6 heterocycles. The van der Waals surface area contributed by atoms with Gasteiger partial charge in [-0.1, -0.05) is 44.2 Å². The number of rotatable bonds is 17. The minimum atomic E-state index is -4.72. The minimum absolute atomic E-state index is 0.00437. The van der Waals surface area contributed by atoms with Crippen molar-refractivity contribution in [2.24, 2.45) is 11.3 Å². The molecule has 4 aliphatic rings. The van der Waals surface area contributed by atoms with Gasteiger partial charge in [0.05, 0.1) is 40.8 Å². The van der Waals surface area contributed by atoms with Gasteiger partial charge < -0.3 is 44.7 Å². The molecule has 0 unspecified atom stereocenters.